The van der Waals surface area contributed by atoms with Crippen LogP contribution in [0.1, 0.15) is 25.8 Å². The van der Waals surface area contributed by atoms with Crippen molar-refractivity contribution < 1.29 is 9.59 Å². The number of nitrogens with zero attached hydrogens (tertiary/aromatic N) is 3. The van der Waals surface area contributed by atoms with Crippen molar-refractivity contribution in [1.82, 2.24) is 20.0 Å². The molecule has 110 valence electrons. The Labute approximate surface area is 118 Å². The van der Waals surface area contributed by atoms with Crippen LogP contribution in [0.3, 0.4) is 0 Å². The van der Waals surface area contributed by atoms with Gasteiger partial charge in [-0.3, -0.25) is 19.2 Å². The van der Waals surface area contributed by atoms with Crippen LogP contribution in [0.4, 0.5) is 0 Å². The lowest BCUT2D eigenvalue weighted by atomic mass is 10.0. The molecule has 1 saturated heterocycles. The predicted molar refractivity (Wildman–Crippen MR) is 73.7 cm³/mol. The van der Waals surface area contributed by atoms with Gasteiger partial charge < -0.3 is 11.1 Å². The zero-order valence-electron chi connectivity index (χ0n) is 11.7. The second-order valence-corrected chi connectivity index (χ2v) is 5.19. The zero-order chi connectivity index (χ0) is 14.5. The molecule has 2 rings (SSSR count). The highest BCUT2D eigenvalue weighted by Crippen LogP contribution is 2.11. The summed E-state index contributed by atoms with van der Waals surface area (Å²) in [5, 5.41) is 7.11. The Hall–Kier alpha value is -1.89. The molecule has 0 radical (unpaired) electrons. The van der Waals surface area contributed by atoms with Crippen LogP contribution in [-0.2, 0) is 9.59 Å². The van der Waals surface area contributed by atoms with Crippen LogP contribution in [0, 0.1) is 0 Å². The number of piperidine rings is 1. The summed E-state index contributed by atoms with van der Waals surface area (Å²) in [6.07, 6.45) is 5.11. The summed E-state index contributed by atoms with van der Waals surface area (Å²) < 4.78 is 1.64. The van der Waals surface area contributed by atoms with E-state index in [1.54, 1.807) is 23.1 Å². The predicted octanol–water partition coefficient (Wildman–Crippen LogP) is -0.490. The normalized spacial score (nSPS) is 18.6. The maximum Gasteiger partial charge on any atom is 0.244 e. The van der Waals surface area contributed by atoms with E-state index in [1.165, 1.54) is 0 Å². The first kappa shape index (κ1) is 14.5. The Morgan fingerprint density at radius 3 is 2.70 bits per heavy atom. The highest BCUT2D eigenvalue weighted by atomic mass is 16.2. The summed E-state index contributed by atoms with van der Waals surface area (Å²) in [5.74, 6) is -0.332. The summed E-state index contributed by atoms with van der Waals surface area (Å²) in [6.45, 7) is 3.68. The van der Waals surface area contributed by atoms with Crippen molar-refractivity contribution in [2.45, 2.75) is 31.8 Å². The smallest absolute Gasteiger partial charge is 0.244 e. The molecular formula is C13H21N5O2. The zero-order valence-corrected chi connectivity index (χ0v) is 11.7. The quantitative estimate of drug-likeness (QED) is 0.760. The number of carbonyl (C=O) groups excluding carboxylic acids is 2. The molecule has 20 heavy (non-hydrogen) atoms. The summed E-state index contributed by atoms with van der Waals surface area (Å²) in [5.41, 5.74) is 5.17. The van der Waals surface area contributed by atoms with Gasteiger partial charge >= 0.3 is 0 Å². The van der Waals surface area contributed by atoms with Crippen LogP contribution in [0.25, 0.3) is 0 Å². The molecule has 3 N–H and O–H groups in total. The number of primary amides is 1. The molecule has 1 aliphatic rings. The second kappa shape index (κ2) is 6.51. The van der Waals surface area contributed by atoms with Crippen LogP contribution >= 0.6 is 0 Å². The van der Waals surface area contributed by atoms with Gasteiger partial charge in [-0.2, -0.15) is 5.10 Å². The number of aromatic nitrogens is 2. The van der Waals surface area contributed by atoms with Crippen molar-refractivity contribution in [3.63, 3.8) is 0 Å². The van der Waals surface area contributed by atoms with Crippen molar-refractivity contribution in [3.8, 4) is 0 Å². The molecule has 0 aromatic carbocycles. The molecule has 0 unspecified atom stereocenters. The van der Waals surface area contributed by atoms with Crippen LogP contribution in [0.5, 0.6) is 0 Å². The first-order valence-electron chi connectivity index (χ1n) is 6.86. The fourth-order valence-corrected chi connectivity index (χ4v) is 2.41. The van der Waals surface area contributed by atoms with E-state index in [4.69, 9.17) is 5.73 Å². The Kier molecular flexibility index (Phi) is 4.73. The molecule has 0 aliphatic carbocycles. The highest BCUT2D eigenvalue weighted by Gasteiger charge is 2.23. The minimum atomic E-state index is -0.311. The van der Waals surface area contributed by atoms with E-state index >= 15 is 0 Å². The van der Waals surface area contributed by atoms with Crippen LogP contribution in [0.15, 0.2) is 18.5 Å². The monoisotopic (exact) mass is 279 g/mol. The van der Waals surface area contributed by atoms with Gasteiger partial charge in [0.15, 0.2) is 0 Å². The van der Waals surface area contributed by atoms with Crippen molar-refractivity contribution in [1.29, 1.82) is 0 Å². The second-order valence-electron chi connectivity index (χ2n) is 5.19. The van der Waals surface area contributed by atoms with Crippen LogP contribution < -0.4 is 11.1 Å². The maximum atomic E-state index is 12.1. The molecule has 7 nitrogen and oxygen atoms in total. The minimum Gasteiger partial charge on any atom is -0.369 e. The standard InChI is InChI=1S/C13H21N5O2/c1-10(18-6-2-5-15-18)13(20)16-11-3-7-17(8-4-11)9-12(14)19/h2,5-6,10-11H,3-4,7-9H2,1H3,(H2,14,19)(H,16,20)/t10-/m0/s1. The molecule has 7 heteroatoms. The van der Waals surface area contributed by atoms with Gasteiger partial charge in [0.05, 0.1) is 6.54 Å². The molecule has 1 aliphatic heterocycles. The third-order valence-corrected chi connectivity index (χ3v) is 3.61. The van der Waals surface area contributed by atoms with Gasteiger partial charge in [0, 0.05) is 31.5 Å². The lowest BCUT2D eigenvalue weighted by Gasteiger charge is -2.32. The molecule has 1 aromatic rings. The van der Waals surface area contributed by atoms with Crippen molar-refractivity contribution >= 4 is 11.8 Å². The topological polar surface area (TPSA) is 93.3 Å². The van der Waals surface area contributed by atoms with Crippen LogP contribution in [0.2, 0.25) is 0 Å². The highest BCUT2D eigenvalue weighted by molar-refractivity contribution is 5.80. The summed E-state index contributed by atoms with van der Waals surface area (Å²) in [7, 11) is 0. The van der Waals surface area contributed by atoms with Gasteiger partial charge in [-0.1, -0.05) is 0 Å². The number of rotatable bonds is 5. The number of nitrogens with two attached hydrogens (primary N) is 1. The van der Waals surface area contributed by atoms with Crippen molar-refractivity contribution in [2.24, 2.45) is 5.73 Å². The fourth-order valence-electron chi connectivity index (χ4n) is 2.41. The Balaban J connectivity index is 1.78. The third kappa shape index (κ3) is 3.80. The van der Waals surface area contributed by atoms with Crippen molar-refractivity contribution in [3.05, 3.63) is 18.5 Å². The fraction of sp³-hybridized carbons (Fsp3) is 0.615. The molecular weight excluding hydrogens is 258 g/mol. The summed E-state index contributed by atoms with van der Waals surface area (Å²) >= 11 is 0. The molecule has 1 atom stereocenters. The molecule has 0 bridgehead atoms. The van der Waals surface area contributed by atoms with E-state index in [1.807, 2.05) is 11.8 Å². The summed E-state index contributed by atoms with van der Waals surface area (Å²) in [6, 6.07) is 1.64. The van der Waals surface area contributed by atoms with Gasteiger partial charge in [0.1, 0.15) is 6.04 Å². The summed E-state index contributed by atoms with van der Waals surface area (Å²) in [4.78, 5) is 25.0. The molecule has 1 fully saturated rings. The van der Waals surface area contributed by atoms with Gasteiger partial charge in [0.2, 0.25) is 11.8 Å². The van der Waals surface area contributed by atoms with E-state index < -0.39 is 0 Å². The first-order chi connectivity index (χ1) is 9.56. The molecule has 0 spiro atoms. The largest absolute Gasteiger partial charge is 0.369 e. The number of carbonyl (C=O) groups is 2. The average Bonchev–Trinajstić information content (AvgIpc) is 2.93. The van der Waals surface area contributed by atoms with E-state index in [-0.39, 0.29) is 23.9 Å². The SMILES string of the molecule is C[C@@H](C(=O)NC1CCN(CC(N)=O)CC1)n1cccn1. The van der Waals surface area contributed by atoms with E-state index in [0.29, 0.717) is 6.54 Å². The van der Waals surface area contributed by atoms with Crippen molar-refractivity contribution in [2.75, 3.05) is 19.6 Å². The number of nitrogens with one attached hydrogen (secondary N) is 1. The average molecular weight is 279 g/mol. The number of likely N-dealkylation sites (tertiary alicyclic amines) is 1. The number of hydrogen-bond acceptors (Lipinski definition) is 4. The first-order valence-corrected chi connectivity index (χ1v) is 6.86. The lowest BCUT2D eigenvalue weighted by Crippen LogP contribution is -2.47. The van der Waals surface area contributed by atoms with Gasteiger partial charge in [-0.15, -0.1) is 0 Å². The molecule has 2 amide bonds. The van der Waals surface area contributed by atoms with E-state index in [9.17, 15) is 9.59 Å². The van der Waals surface area contributed by atoms with Gasteiger partial charge in [0.25, 0.3) is 0 Å². The molecule has 1 aromatic heterocycles. The lowest BCUT2D eigenvalue weighted by molar-refractivity contribution is -0.125. The Bertz CT molecular complexity index is 451. The Morgan fingerprint density at radius 1 is 1.45 bits per heavy atom. The number of hydrogen-bond donors (Lipinski definition) is 2. The molecule has 2 heterocycles. The van der Waals surface area contributed by atoms with Gasteiger partial charge in [-0.25, -0.2) is 0 Å². The van der Waals surface area contributed by atoms with E-state index in [2.05, 4.69) is 10.4 Å². The number of amides is 2. The minimum absolute atomic E-state index is 0.0259. The molecule has 0 saturated carbocycles. The van der Waals surface area contributed by atoms with E-state index in [0.717, 1.165) is 25.9 Å². The third-order valence-electron chi connectivity index (χ3n) is 3.61. The Morgan fingerprint density at radius 2 is 2.15 bits per heavy atom. The van der Waals surface area contributed by atoms with Gasteiger partial charge in [-0.05, 0) is 25.8 Å². The maximum absolute atomic E-state index is 12.1. The van der Waals surface area contributed by atoms with Crippen LogP contribution in [-0.4, -0.2) is 52.2 Å².